The molecule has 2 aliphatic rings. The van der Waals surface area contributed by atoms with E-state index in [1.165, 1.54) is 44.9 Å². The molecule has 0 heteroatoms. The van der Waals surface area contributed by atoms with Crippen molar-refractivity contribution in [3.05, 3.63) is 0 Å². The first kappa shape index (κ1) is 11.5. The average Bonchev–Trinajstić information content (AvgIpc) is 2.46. The van der Waals surface area contributed by atoms with Crippen molar-refractivity contribution in [1.29, 1.82) is 0 Å². The van der Waals surface area contributed by atoms with Crippen LogP contribution in [0, 0.1) is 17.8 Å². The van der Waals surface area contributed by atoms with E-state index >= 15 is 0 Å². The lowest BCUT2D eigenvalue weighted by Gasteiger charge is -2.29. The highest BCUT2D eigenvalue weighted by Crippen LogP contribution is 2.36. The predicted octanol–water partition coefficient (Wildman–Crippen LogP) is 5.17. The normalized spacial score (nSPS) is 35.0. The summed E-state index contributed by atoms with van der Waals surface area (Å²) in [5.74, 6) is 3.22. The van der Waals surface area contributed by atoms with Crippen LogP contribution in [-0.2, 0) is 0 Å². The second-order valence-corrected chi connectivity index (χ2v) is 6.23. The molecule has 0 amide bonds. The van der Waals surface area contributed by atoms with Crippen LogP contribution in [0.3, 0.4) is 0 Å². The van der Waals surface area contributed by atoms with Gasteiger partial charge in [-0.05, 0) is 30.6 Å². The SMILES string of the molecule is CC1CCCC(CC2CCCCCC2)C1. The average molecular weight is 208 g/mol. The van der Waals surface area contributed by atoms with Crippen molar-refractivity contribution in [3.8, 4) is 0 Å². The van der Waals surface area contributed by atoms with E-state index in [9.17, 15) is 0 Å². The highest BCUT2D eigenvalue weighted by atomic mass is 14.3. The van der Waals surface area contributed by atoms with Crippen LogP contribution in [-0.4, -0.2) is 0 Å². The Labute approximate surface area is 95.8 Å². The molecule has 2 rings (SSSR count). The van der Waals surface area contributed by atoms with Crippen LogP contribution in [0.4, 0.5) is 0 Å². The van der Waals surface area contributed by atoms with E-state index in [-0.39, 0.29) is 0 Å². The molecule has 0 bridgehead atoms. The Morgan fingerprint density at radius 1 is 0.733 bits per heavy atom. The molecule has 0 saturated heterocycles. The zero-order valence-electron chi connectivity index (χ0n) is 10.5. The van der Waals surface area contributed by atoms with Gasteiger partial charge >= 0.3 is 0 Å². The Morgan fingerprint density at radius 2 is 1.40 bits per heavy atom. The van der Waals surface area contributed by atoms with Gasteiger partial charge in [-0.15, -0.1) is 0 Å². The van der Waals surface area contributed by atoms with Crippen LogP contribution in [0.5, 0.6) is 0 Å². The van der Waals surface area contributed by atoms with Crippen LogP contribution in [0.25, 0.3) is 0 Å². The maximum Gasteiger partial charge on any atom is -0.0409 e. The molecule has 2 fully saturated rings. The predicted molar refractivity (Wildman–Crippen MR) is 66.9 cm³/mol. The highest BCUT2D eigenvalue weighted by Gasteiger charge is 2.22. The fourth-order valence-corrected chi connectivity index (χ4v) is 3.84. The van der Waals surface area contributed by atoms with Crippen molar-refractivity contribution in [3.63, 3.8) is 0 Å². The molecule has 0 spiro atoms. The Balaban J connectivity index is 1.74. The maximum atomic E-state index is 2.46. The molecule has 2 unspecified atom stereocenters. The first-order chi connectivity index (χ1) is 7.34. The molecular formula is C15H28. The Kier molecular flexibility index (Phi) is 4.53. The molecule has 2 saturated carbocycles. The molecule has 0 aromatic carbocycles. The summed E-state index contributed by atoms with van der Waals surface area (Å²) < 4.78 is 0. The highest BCUT2D eigenvalue weighted by molar-refractivity contribution is 4.75. The lowest BCUT2D eigenvalue weighted by atomic mass is 9.77. The van der Waals surface area contributed by atoms with Crippen molar-refractivity contribution in [1.82, 2.24) is 0 Å². The van der Waals surface area contributed by atoms with Crippen molar-refractivity contribution in [2.45, 2.75) is 77.6 Å². The topological polar surface area (TPSA) is 0 Å². The summed E-state index contributed by atoms with van der Waals surface area (Å²) in [7, 11) is 0. The molecule has 15 heavy (non-hydrogen) atoms. The molecular weight excluding hydrogens is 180 g/mol. The fourth-order valence-electron chi connectivity index (χ4n) is 3.84. The third kappa shape index (κ3) is 3.81. The van der Waals surface area contributed by atoms with Gasteiger partial charge in [0.05, 0.1) is 0 Å². The van der Waals surface area contributed by atoms with Gasteiger partial charge in [-0.3, -0.25) is 0 Å². The summed E-state index contributed by atoms with van der Waals surface area (Å²) >= 11 is 0. The standard InChI is InChI=1S/C15H28/c1-13-7-6-10-15(11-13)12-14-8-4-2-3-5-9-14/h13-15H,2-12H2,1H3. The molecule has 2 aliphatic carbocycles. The van der Waals surface area contributed by atoms with Crippen LogP contribution in [0.1, 0.15) is 77.6 Å². The zero-order chi connectivity index (χ0) is 10.5. The van der Waals surface area contributed by atoms with Crippen LogP contribution < -0.4 is 0 Å². The molecule has 0 aromatic rings. The summed E-state index contributed by atoms with van der Waals surface area (Å²) in [5, 5.41) is 0. The van der Waals surface area contributed by atoms with Crippen LogP contribution in [0.15, 0.2) is 0 Å². The van der Waals surface area contributed by atoms with Crippen molar-refractivity contribution < 1.29 is 0 Å². The quantitative estimate of drug-likeness (QED) is 0.549. The lowest BCUT2D eigenvalue weighted by molar-refractivity contribution is 0.229. The Hall–Kier alpha value is 0. The van der Waals surface area contributed by atoms with E-state index in [0.29, 0.717) is 0 Å². The van der Waals surface area contributed by atoms with Gasteiger partial charge in [-0.1, -0.05) is 64.7 Å². The number of hydrogen-bond acceptors (Lipinski definition) is 0. The van der Waals surface area contributed by atoms with Gasteiger partial charge in [0.1, 0.15) is 0 Å². The first-order valence-electron chi connectivity index (χ1n) is 7.34. The largest absolute Gasteiger partial charge is 0.0625 e. The van der Waals surface area contributed by atoms with E-state index in [1.54, 1.807) is 25.7 Å². The molecule has 2 atom stereocenters. The minimum atomic E-state index is 1.02. The van der Waals surface area contributed by atoms with E-state index in [1.807, 2.05) is 0 Å². The molecule has 88 valence electrons. The van der Waals surface area contributed by atoms with Crippen molar-refractivity contribution in [2.75, 3.05) is 0 Å². The van der Waals surface area contributed by atoms with Gasteiger partial charge < -0.3 is 0 Å². The van der Waals surface area contributed by atoms with Gasteiger partial charge in [0.15, 0.2) is 0 Å². The van der Waals surface area contributed by atoms with Crippen molar-refractivity contribution >= 4 is 0 Å². The Bertz CT molecular complexity index is 165. The Morgan fingerprint density at radius 3 is 2.07 bits per heavy atom. The smallest absolute Gasteiger partial charge is 0.0409 e. The molecule has 0 radical (unpaired) electrons. The molecule has 0 N–H and O–H groups in total. The molecule has 0 nitrogen and oxygen atoms in total. The summed E-state index contributed by atoms with van der Waals surface area (Å²) in [6.07, 6.45) is 16.8. The van der Waals surface area contributed by atoms with Crippen molar-refractivity contribution in [2.24, 2.45) is 17.8 Å². The van der Waals surface area contributed by atoms with Gasteiger partial charge in [-0.25, -0.2) is 0 Å². The van der Waals surface area contributed by atoms with E-state index in [2.05, 4.69) is 6.92 Å². The van der Waals surface area contributed by atoms with Gasteiger partial charge in [0.25, 0.3) is 0 Å². The zero-order valence-corrected chi connectivity index (χ0v) is 10.5. The third-order valence-electron chi connectivity index (χ3n) is 4.69. The lowest BCUT2D eigenvalue weighted by Crippen LogP contribution is -2.16. The van der Waals surface area contributed by atoms with Gasteiger partial charge in [0, 0.05) is 0 Å². The number of hydrogen-bond donors (Lipinski definition) is 0. The van der Waals surface area contributed by atoms with E-state index < -0.39 is 0 Å². The van der Waals surface area contributed by atoms with Crippen LogP contribution in [0.2, 0.25) is 0 Å². The fraction of sp³-hybridized carbons (Fsp3) is 1.00. The molecule has 0 heterocycles. The first-order valence-corrected chi connectivity index (χ1v) is 7.34. The third-order valence-corrected chi connectivity index (χ3v) is 4.69. The summed E-state index contributed by atoms with van der Waals surface area (Å²) in [5.41, 5.74) is 0. The number of rotatable bonds is 2. The van der Waals surface area contributed by atoms with Gasteiger partial charge in [0.2, 0.25) is 0 Å². The second-order valence-electron chi connectivity index (χ2n) is 6.23. The minimum absolute atomic E-state index is 1.02. The summed E-state index contributed by atoms with van der Waals surface area (Å²) in [4.78, 5) is 0. The second kappa shape index (κ2) is 5.92. The molecule has 0 aromatic heterocycles. The monoisotopic (exact) mass is 208 g/mol. The maximum absolute atomic E-state index is 2.46. The van der Waals surface area contributed by atoms with Crippen LogP contribution >= 0.6 is 0 Å². The van der Waals surface area contributed by atoms with E-state index in [0.717, 1.165) is 17.8 Å². The minimum Gasteiger partial charge on any atom is -0.0625 e. The van der Waals surface area contributed by atoms with Gasteiger partial charge in [-0.2, -0.15) is 0 Å². The molecule has 0 aliphatic heterocycles. The summed E-state index contributed by atoms with van der Waals surface area (Å²) in [6.45, 7) is 2.46. The summed E-state index contributed by atoms with van der Waals surface area (Å²) in [6, 6.07) is 0. The van der Waals surface area contributed by atoms with E-state index in [4.69, 9.17) is 0 Å².